The first kappa shape index (κ1) is 19.9. The molecule has 154 valence electrons. The van der Waals surface area contributed by atoms with Crippen molar-refractivity contribution in [3.05, 3.63) is 70.9 Å². The molecule has 30 heavy (non-hydrogen) atoms. The largest absolute Gasteiger partial charge is 0.434 e. The number of alkyl halides is 3. The van der Waals surface area contributed by atoms with Crippen LogP contribution in [-0.2, 0) is 19.8 Å². The number of halogens is 4. The molecule has 0 unspecified atom stereocenters. The fourth-order valence-corrected chi connectivity index (χ4v) is 3.17. The minimum absolute atomic E-state index is 0.0743. The van der Waals surface area contributed by atoms with E-state index in [1.165, 1.54) is 24.3 Å². The third-order valence-corrected chi connectivity index (χ3v) is 4.73. The molecule has 0 fully saturated rings. The highest BCUT2D eigenvalue weighted by molar-refractivity contribution is 6.30. The molecule has 7 nitrogen and oxygen atoms in total. The maximum Gasteiger partial charge on any atom is 0.434 e. The van der Waals surface area contributed by atoms with E-state index in [1.54, 1.807) is 29.9 Å². The van der Waals surface area contributed by atoms with Gasteiger partial charge in [0.2, 0.25) is 0 Å². The fraction of sp³-hybridized carbons (Fsp3) is 0.158. The van der Waals surface area contributed by atoms with Crippen molar-refractivity contribution in [3.8, 4) is 5.69 Å². The number of carbonyl (C=O) groups excluding carboxylic acids is 1. The zero-order valence-corrected chi connectivity index (χ0v) is 16.2. The van der Waals surface area contributed by atoms with Crippen molar-refractivity contribution in [1.29, 1.82) is 0 Å². The minimum atomic E-state index is -4.80. The van der Waals surface area contributed by atoms with Crippen LogP contribution in [0.25, 0.3) is 16.9 Å². The van der Waals surface area contributed by atoms with E-state index in [1.807, 2.05) is 0 Å². The number of fused-ring (bicyclic) bond motifs is 1. The van der Waals surface area contributed by atoms with Crippen LogP contribution >= 0.6 is 11.6 Å². The Morgan fingerprint density at radius 1 is 1.20 bits per heavy atom. The molecular weight excluding hydrogens is 421 g/mol. The molecule has 4 rings (SSSR count). The third-order valence-electron chi connectivity index (χ3n) is 4.48. The first-order chi connectivity index (χ1) is 14.3. The van der Waals surface area contributed by atoms with Gasteiger partial charge in [-0.25, -0.2) is 14.6 Å². The summed E-state index contributed by atoms with van der Waals surface area (Å²) in [7, 11) is 1.71. The number of imidazole rings is 1. The summed E-state index contributed by atoms with van der Waals surface area (Å²) in [5.41, 5.74) is -0.403. The smallest absolute Gasteiger partial charge is 0.345 e. The second kappa shape index (κ2) is 7.45. The summed E-state index contributed by atoms with van der Waals surface area (Å²) >= 11 is 5.80. The number of aromatic nitrogens is 5. The average Bonchev–Trinajstić information content (AvgIpc) is 3.29. The molecule has 11 heteroatoms. The maximum absolute atomic E-state index is 13.7. The lowest BCUT2D eigenvalue weighted by Gasteiger charge is -2.13. The van der Waals surface area contributed by atoms with Crippen LogP contribution in [0, 0.1) is 0 Å². The molecule has 0 aliphatic carbocycles. The Hall–Kier alpha value is -3.40. The van der Waals surface area contributed by atoms with E-state index in [4.69, 9.17) is 11.6 Å². The minimum Gasteiger partial charge on any atom is -0.345 e. The van der Waals surface area contributed by atoms with Crippen molar-refractivity contribution in [1.82, 2.24) is 29.6 Å². The summed E-state index contributed by atoms with van der Waals surface area (Å²) in [6, 6.07) is 9.14. The van der Waals surface area contributed by atoms with Crippen LogP contribution in [-0.4, -0.2) is 30.2 Å². The Morgan fingerprint density at radius 3 is 2.60 bits per heavy atom. The van der Waals surface area contributed by atoms with Crippen molar-refractivity contribution in [3.63, 3.8) is 0 Å². The molecule has 0 atom stereocenters. The molecule has 0 radical (unpaired) electrons. The summed E-state index contributed by atoms with van der Waals surface area (Å²) in [5, 5.41) is 6.62. The molecule has 3 aromatic heterocycles. The van der Waals surface area contributed by atoms with Crippen LogP contribution in [0.1, 0.15) is 21.9 Å². The average molecular weight is 435 g/mol. The highest BCUT2D eigenvalue weighted by Gasteiger charge is 2.40. The summed E-state index contributed by atoms with van der Waals surface area (Å²) in [4.78, 5) is 21.1. The van der Waals surface area contributed by atoms with Crippen molar-refractivity contribution >= 4 is 28.7 Å². The van der Waals surface area contributed by atoms with Crippen molar-refractivity contribution in [2.45, 2.75) is 12.7 Å². The molecule has 0 saturated heterocycles. The number of rotatable bonds is 4. The van der Waals surface area contributed by atoms with Gasteiger partial charge in [-0.2, -0.15) is 18.3 Å². The second-order valence-corrected chi connectivity index (χ2v) is 6.85. The van der Waals surface area contributed by atoms with Gasteiger partial charge in [-0.3, -0.25) is 4.79 Å². The number of benzene rings is 1. The zero-order valence-electron chi connectivity index (χ0n) is 15.5. The Bertz CT molecular complexity index is 1230. The highest BCUT2D eigenvalue weighted by atomic mass is 35.5. The molecule has 1 aromatic carbocycles. The normalized spacial score (nSPS) is 11.8. The molecule has 1 amide bonds. The Morgan fingerprint density at radius 2 is 1.93 bits per heavy atom. The topological polar surface area (TPSA) is 77.6 Å². The van der Waals surface area contributed by atoms with Gasteiger partial charge in [0, 0.05) is 18.3 Å². The lowest BCUT2D eigenvalue weighted by molar-refractivity contribution is -0.143. The number of pyridine rings is 1. The predicted octanol–water partition coefficient (Wildman–Crippen LogP) is 3.76. The number of hydrogen-bond acceptors (Lipinski definition) is 4. The molecular formula is C19H14ClF3N6O. The van der Waals surface area contributed by atoms with Gasteiger partial charge >= 0.3 is 6.18 Å². The van der Waals surface area contributed by atoms with Gasteiger partial charge in [0.1, 0.15) is 11.3 Å². The van der Waals surface area contributed by atoms with Crippen molar-refractivity contribution in [2.24, 2.45) is 7.05 Å². The van der Waals surface area contributed by atoms with E-state index in [-0.39, 0.29) is 12.2 Å². The molecule has 1 N–H and O–H groups in total. The molecule has 0 spiro atoms. The summed E-state index contributed by atoms with van der Waals surface area (Å²) in [6.07, 6.45) is -2.30. The highest BCUT2D eigenvalue weighted by Crippen LogP contribution is 2.33. The molecule has 0 aliphatic heterocycles. The number of hydrogen-bond donors (Lipinski definition) is 1. The SMILES string of the molecule is Cn1c(CNC(=O)c2cnn(-c3ccc(Cl)cc3)c2C(F)(F)F)nc2cccnc21. The molecule has 0 aliphatic rings. The maximum atomic E-state index is 13.7. The van der Waals surface area contributed by atoms with Crippen LogP contribution < -0.4 is 5.32 Å². The van der Waals surface area contributed by atoms with E-state index in [2.05, 4.69) is 20.4 Å². The van der Waals surface area contributed by atoms with Crippen molar-refractivity contribution in [2.75, 3.05) is 0 Å². The number of carbonyl (C=O) groups is 1. The van der Waals surface area contributed by atoms with Crippen LogP contribution in [0.2, 0.25) is 5.02 Å². The Kier molecular flexibility index (Phi) is 4.94. The van der Waals surface area contributed by atoms with E-state index in [0.29, 0.717) is 26.7 Å². The summed E-state index contributed by atoms with van der Waals surface area (Å²) in [6.45, 7) is -0.0743. The van der Waals surface area contributed by atoms with E-state index >= 15 is 0 Å². The number of aryl methyl sites for hydroxylation is 1. The lowest BCUT2D eigenvalue weighted by atomic mass is 10.2. The predicted molar refractivity (Wildman–Crippen MR) is 103 cm³/mol. The Labute approximate surface area is 173 Å². The first-order valence-electron chi connectivity index (χ1n) is 8.71. The van der Waals surface area contributed by atoms with Gasteiger partial charge in [-0.15, -0.1) is 0 Å². The van der Waals surface area contributed by atoms with Gasteiger partial charge in [0.25, 0.3) is 5.91 Å². The third kappa shape index (κ3) is 3.61. The number of nitrogens with zero attached hydrogens (tertiary/aromatic N) is 5. The van der Waals surface area contributed by atoms with E-state index in [9.17, 15) is 18.0 Å². The monoisotopic (exact) mass is 434 g/mol. The molecule has 3 heterocycles. The Balaban J connectivity index is 1.63. The van der Waals surface area contributed by atoms with E-state index in [0.717, 1.165) is 6.20 Å². The number of amides is 1. The van der Waals surface area contributed by atoms with Gasteiger partial charge in [0.05, 0.1) is 24.0 Å². The summed E-state index contributed by atoms with van der Waals surface area (Å²) < 4.78 is 43.6. The van der Waals surface area contributed by atoms with Gasteiger partial charge < -0.3 is 9.88 Å². The van der Waals surface area contributed by atoms with Gasteiger partial charge in [-0.05, 0) is 36.4 Å². The van der Waals surface area contributed by atoms with Crippen LogP contribution in [0.15, 0.2) is 48.8 Å². The fourth-order valence-electron chi connectivity index (χ4n) is 3.05. The zero-order chi connectivity index (χ0) is 21.5. The van der Waals surface area contributed by atoms with Crippen molar-refractivity contribution < 1.29 is 18.0 Å². The van der Waals surface area contributed by atoms with Crippen LogP contribution in [0.4, 0.5) is 13.2 Å². The first-order valence-corrected chi connectivity index (χ1v) is 9.09. The van der Waals surface area contributed by atoms with Crippen LogP contribution in [0.5, 0.6) is 0 Å². The number of nitrogens with one attached hydrogen (secondary N) is 1. The molecule has 0 bridgehead atoms. The van der Waals surface area contributed by atoms with E-state index < -0.39 is 23.3 Å². The van der Waals surface area contributed by atoms with Gasteiger partial charge in [-0.1, -0.05) is 11.6 Å². The van der Waals surface area contributed by atoms with Crippen LogP contribution in [0.3, 0.4) is 0 Å². The standard InChI is InChI=1S/C19H14ClF3N6O/c1-28-15(27-14-3-2-8-24-17(14)28)10-25-18(30)13-9-26-29(16(13)19(21,22)23)12-6-4-11(20)5-7-12/h2-9H,10H2,1H3,(H,25,30). The second-order valence-electron chi connectivity index (χ2n) is 6.41. The van der Waals surface area contributed by atoms with Gasteiger partial charge in [0.15, 0.2) is 11.3 Å². The lowest BCUT2D eigenvalue weighted by Crippen LogP contribution is -2.27. The molecule has 0 saturated carbocycles. The summed E-state index contributed by atoms with van der Waals surface area (Å²) in [5.74, 6) is -0.460. The molecule has 4 aromatic rings. The quantitative estimate of drug-likeness (QED) is 0.530.